The van der Waals surface area contributed by atoms with E-state index in [2.05, 4.69) is 10.3 Å². The van der Waals surface area contributed by atoms with Gasteiger partial charge in [0.15, 0.2) is 0 Å². The van der Waals surface area contributed by atoms with Crippen LogP contribution in [0.1, 0.15) is 0 Å². The highest BCUT2D eigenvalue weighted by Crippen LogP contribution is 2.30. The lowest BCUT2D eigenvalue weighted by molar-refractivity contribution is -0.385. The van der Waals surface area contributed by atoms with Crippen molar-refractivity contribution in [1.82, 2.24) is 4.98 Å². The third-order valence-corrected chi connectivity index (χ3v) is 4.38. The third kappa shape index (κ3) is 4.33. The number of nitro groups is 2. The summed E-state index contributed by atoms with van der Waals surface area (Å²) < 4.78 is 0. The number of hydrogen-bond donors (Lipinski definition) is 1. The van der Waals surface area contributed by atoms with Gasteiger partial charge in [-0.2, -0.15) is 0 Å². The van der Waals surface area contributed by atoms with Gasteiger partial charge in [0.25, 0.3) is 11.4 Å². The van der Waals surface area contributed by atoms with Gasteiger partial charge in [0.1, 0.15) is 12.0 Å². The molecule has 9 heteroatoms. The Hall–Kier alpha value is -3.46. The standard InChI is InChI=1S/C17H12N4O4S/c22-20(23)13-3-8-16(9-4-13)26-15-6-1-12(2-7-15)19-17-10-5-14(11-18-17)21(24)25/h1-11H,(H,18,19). The van der Waals surface area contributed by atoms with Crippen LogP contribution in [-0.2, 0) is 0 Å². The van der Waals surface area contributed by atoms with Gasteiger partial charge >= 0.3 is 0 Å². The van der Waals surface area contributed by atoms with Crippen LogP contribution < -0.4 is 5.32 Å². The molecular weight excluding hydrogens is 356 g/mol. The van der Waals surface area contributed by atoms with Crippen LogP contribution >= 0.6 is 11.8 Å². The minimum atomic E-state index is -0.499. The lowest BCUT2D eigenvalue weighted by atomic mass is 10.3. The monoisotopic (exact) mass is 368 g/mol. The van der Waals surface area contributed by atoms with E-state index in [1.807, 2.05) is 24.3 Å². The normalized spacial score (nSPS) is 10.3. The lowest BCUT2D eigenvalue weighted by Crippen LogP contribution is -1.94. The Bertz CT molecular complexity index is 850. The van der Waals surface area contributed by atoms with Gasteiger partial charge in [-0.15, -0.1) is 0 Å². The van der Waals surface area contributed by atoms with Crippen LogP contribution in [0.2, 0.25) is 0 Å². The number of benzene rings is 2. The Morgan fingerprint density at radius 3 is 1.81 bits per heavy atom. The maximum Gasteiger partial charge on any atom is 0.287 e. The molecule has 130 valence electrons. The fraction of sp³-hybridized carbons (Fsp3) is 0. The zero-order valence-corrected chi connectivity index (χ0v) is 14.1. The van der Waals surface area contributed by atoms with Crippen LogP contribution in [0.25, 0.3) is 0 Å². The van der Waals surface area contributed by atoms with E-state index in [9.17, 15) is 20.2 Å². The Morgan fingerprint density at radius 1 is 0.769 bits per heavy atom. The average Bonchev–Trinajstić information content (AvgIpc) is 2.64. The second kappa shape index (κ2) is 7.62. The number of hydrogen-bond acceptors (Lipinski definition) is 7. The molecule has 3 aromatic rings. The van der Waals surface area contributed by atoms with E-state index in [0.29, 0.717) is 5.82 Å². The van der Waals surface area contributed by atoms with Crippen molar-refractivity contribution in [1.29, 1.82) is 0 Å². The zero-order valence-electron chi connectivity index (χ0n) is 13.2. The van der Waals surface area contributed by atoms with Crippen LogP contribution in [0.5, 0.6) is 0 Å². The van der Waals surface area contributed by atoms with Gasteiger partial charge in [-0.3, -0.25) is 20.2 Å². The molecule has 0 unspecified atom stereocenters. The maximum absolute atomic E-state index is 10.7. The van der Waals surface area contributed by atoms with E-state index in [-0.39, 0.29) is 11.4 Å². The predicted molar refractivity (Wildman–Crippen MR) is 97.8 cm³/mol. The van der Waals surface area contributed by atoms with Crippen molar-refractivity contribution in [3.05, 3.63) is 87.1 Å². The van der Waals surface area contributed by atoms with Crippen LogP contribution in [0.3, 0.4) is 0 Å². The molecule has 0 atom stereocenters. The van der Waals surface area contributed by atoms with Gasteiger partial charge in [-0.25, -0.2) is 4.98 Å². The van der Waals surface area contributed by atoms with E-state index >= 15 is 0 Å². The molecule has 0 amide bonds. The fourth-order valence-electron chi connectivity index (χ4n) is 2.09. The third-order valence-electron chi connectivity index (χ3n) is 3.37. The Morgan fingerprint density at radius 2 is 1.31 bits per heavy atom. The predicted octanol–water partition coefficient (Wildman–Crippen LogP) is 4.79. The molecule has 1 N–H and O–H groups in total. The molecule has 8 nitrogen and oxygen atoms in total. The summed E-state index contributed by atoms with van der Waals surface area (Å²) in [4.78, 5) is 26.2. The van der Waals surface area contributed by atoms with Crippen molar-refractivity contribution < 1.29 is 9.85 Å². The number of anilines is 2. The van der Waals surface area contributed by atoms with E-state index < -0.39 is 9.85 Å². The zero-order chi connectivity index (χ0) is 18.5. The molecule has 0 aliphatic heterocycles. The molecule has 0 aliphatic carbocycles. The highest BCUT2D eigenvalue weighted by Gasteiger charge is 2.06. The van der Waals surface area contributed by atoms with Crippen LogP contribution in [-0.4, -0.2) is 14.8 Å². The maximum atomic E-state index is 10.7. The fourth-order valence-corrected chi connectivity index (χ4v) is 2.91. The smallest absolute Gasteiger partial charge is 0.287 e. The van der Waals surface area contributed by atoms with Gasteiger partial charge in [0, 0.05) is 33.7 Å². The molecule has 0 bridgehead atoms. The summed E-state index contributed by atoms with van der Waals surface area (Å²) in [5, 5.41) is 24.3. The molecule has 0 saturated heterocycles. The molecule has 0 saturated carbocycles. The van der Waals surface area contributed by atoms with Gasteiger partial charge < -0.3 is 5.32 Å². The van der Waals surface area contributed by atoms with Crippen LogP contribution in [0.15, 0.2) is 76.7 Å². The lowest BCUT2D eigenvalue weighted by Gasteiger charge is -2.07. The van der Waals surface area contributed by atoms with Crippen molar-refractivity contribution >= 4 is 34.6 Å². The first-order valence-electron chi connectivity index (χ1n) is 7.41. The summed E-state index contributed by atoms with van der Waals surface area (Å²) >= 11 is 1.49. The molecule has 1 heterocycles. The number of non-ortho nitro benzene ring substituents is 1. The molecule has 26 heavy (non-hydrogen) atoms. The average molecular weight is 368 g/mol. The van der Waals surface area contributed by atoms with Crippen molar-refractivity contribution in [3.8, 4) is 0 Å². The first-order chi connectivity index (χ1) is 12.5. The first-order valence-corrected chi connectivity index (χ1v) is 8.23. The van der Waals surface area contributed by atoms with Gasteiger partial charge in [0.2, 0.25) is 0 Å². The Balaban J connectivity index is 1.64. The van der Waals surface area contributed by atoms with Gasteiger partial charge in [0.05, 0.1) is 9.85 Å². The summed E-state index contributed by atoms with van der Waals surface area (Å²) in [6.45, 7) is 0. The molecule has 0 aliphatic rings. The molecular formula is C17H12N4O4S. The second-order valence-electron chi connectivity index (χ2n) is 5.16. The number of rotatable bonds is 6. The largest absolute Gasteiger partial charge is 0.340 e. The van der Waals surface area contributed by atoms with E-state index in [4.69, 9.17) is 0 Å². The SMILES string of the molecule is O=[N+]([O-])c1ccc(Sc2ccc(Nc3ccc([N+](=O)[O-])cn3)cc2)cc1. The number of pyridine rings is 1. The van der Waals surface area contributed by atoms with Crippen molar-refractivity contribution in [2.24, 2.45) is 0 Å². The molecule has 3 rings (SSSR count). The van der Waals surface area contributed by atoms with Crippen molar-refractivity contribution in [2.45, 2.75) is 9.79 Å². The molecule has 2 aromatic carbocycles. The van der Waals surface area contributed by atoms with Crippen LogP contribution in [0.4, 0.5) is 22.9 Å². The Labute approximate surface area is 152 Å². The first kappa shape index (κ1) is 17.4. The molecule has 1 aromatic heterocycles. The minimum absolute atomic E-state index is 0.0597. The van der Waals surface area contributed by atoms with Crippen molar-refractivity contribution in [2.75, 3.05) is 5.32 Å². The van der Waals surface area contributed by atoms with E-state index in [1.54, 1.807) is 12.1 Å². The van der Waals surface area contributed by atoms with E-state index in [1.165, 1.54) is 42.2 Å². The highest BCUT2D eigenvalue weighted by atomic mass is 32.2. The number of nitrogens with zero attached hydrogens (tertiary/aromatic N) is 3. The van der Waals surface area contributed by atoms with E-state index in [0.717, 1.165) is 15.5 Å². The summed E-state index contributed by atoms with van der Waals surface area (Å²) in [7, 11) is 0. The molecule has 0 spiro atoms. The minimum Gasteiger partial charge on any atom is -0.340 e. The summed E-state index contributed by atoms with van der Waals surface area (Å²) in [5.74, 6) is 0.506. The van der Waals surface area contributed by atoms with Gasteiger partial charge in [-0.1, -0.05) is 11.8 Å². The highest BCUT2D eigenvalue weighted by molar-refractivity contribution is 7.99. The summed E-state index contributed by atoms with van der Waals surface area (Å²) in [6.07, 6.45) is 1.20. The number of aromatic nitrogens is 1. The topological polar surface area (TPSA) is 111 Å². The second-order valence-corrected chi connectivity index (χ2v) is 6.31. The summed E-state index contributed by atoms with van der Waals surface area (Å²) in [6, 6.07) is 16.8. The Kier molecular flexibility index (Phi) is 5.09. The quantitative estimate of drug-likeness (QED) is 0.491. The van der Waals surface area contributed by atoms with Gasteiger partial charge in [-0.05, 0) is 42.5 Å². The molecule has 0 radical (unpaired) electrons. The van der Waals surface area contributed by atoms with Crippen LogP contribution in [0, 0.1) is 20.2 Å². The van der Waals surface area contributed by atoms with Crippen molar-refractivity contribution in [3.63, 3.8) is 0 Å². The molecule has 0 fully saturated rings. The summed E-state index contributed by atoms with van der Waals surface area (Å²) in [5.41, 5.74) is 0.786. The number of nitro benzene ring substituents is 1. The number of nitrogens with one attached hydrogen (secondary N) is 1.